The number of carbonyl (C=O) groups excluding carboxylic acids is 1. The summed E-state index contributed by atoms with van der Waals surface area (Å²) in [4.78, 5) is 21.7. The molecule has 1 N–H and O–H groups in total. The molecule has 0 aromatic carbocycles. The van der Waals surface area contributed by atoms with Gasteiger partial charge in [-0.1, -0.05) is 6.07 Å². The maximum absolute atomic E-state index is 12.8. The smallest absolute Gasteiger partial charge is 0.318 e. The zero-order chi connectivity index (χ0) is 17.8. The average Bonchev–Trinajstić information content (AvgIpc) is 3.06. The minimum absolute atomic E-state index is 0.0989. The van der Waals surface area contributed by atoms with Gasteiger partial charge in [0.2, 0.25) is 0 Å². The first kappa shape index (κ1) is 18.2. The normalized spacial score (nSPS) is 26.9. The van der Waals surface area contributed by atoms with Gasteiger partial charge in [0.05, 0.1) is 11.7 Å². The molecule has 0 unspecified atom stereocenters. The highest BCUT2D eigenvalue weighted by atomic mass is 16.2. The molecular formula is C20H32N4O. The van der Waals surface area contributed by atoms with Crippen LogP contribution in [0.3, 0.4) is 0 Å². The summed E-state index contributed by atoms with van der Waals surface area (Å²) in [7, 11) is 4.28. The third-order valence-corrected chi connectivity index (χ3v) is 5.56. The van der Waals surface area contributed by atoms with Crippen LogP contribution < -0.4 is 5.32 Å². The molecule has 2 heterocycles. The van der Waals surface area contributed by atoms with Gasteiger partial charge in [-0.05, 0) is 77.6 Å². The Morgan fingerprint density at radius 3 is 2.68 bits per heavy atom. The molecule has 25 heavy (non-hydrogen) atoms. The molecule has 1 aromatic rings. The van der Waals surface area contributed by atoms with Crippen molar-refractivity contribution in [3.05, 3.63) is 29.6 Å². The molecule has 1 aliphatic heterocycles. The van der Waals surface area contributed by atoms with Crippen LogP contribution in [-0.4, -0.2) is 54.0 Å². The minimum Gasteiger partial charge on any atom is -0.335 e. The van der Waals surface area contributed by atoms with E-state index in [1.807, 2.05) is 24.0 Å². The monoisotopic (exact) mass is 344 g/mol. The number of amides is 2. The number of aromatic nitrogens is 1. The lowest BCUT2D eigenvalue weighted by Gasteiger charge is -2.33. The van der Waals surface area contributed by atoms with Crippen LogP contribution in [0.5, 0.6) is 0 Å². The maximum Gasteiger partial charge on any atom is 0.318 e. The van der Waals surface area contributed by atoms with E-state index in [9.17, 15) is 4.79 Å². The number of hydrogen-bond donors (Lipinski definition) is 1. The van der Waals surface area contributed by atoms with E-state index in [4.69, 9.17) is 0 Å². The summed E-state index contributed by atoms with van der Waals surface area (Å²) in [6.07, 6.45) is 6.71. The molecular weight excluding hydrogens is 312 g/mol. The van der Waals surface area contributed by atoms with E-state index < -0.39 is 0 Å². The van der Waals surface area contributed by atoms with Crippen LogP contribution in [0.2, 0.25) is 0 Å². The van der Waals surface area contributed by atoms with Gasteiger partial charge in [-0.25, -0.2) is 4.79 Å². The van der Waals surface area contributed by atoms with Gasteiger partial charge in [-0.3, -0.25) is 4.98 Å². The summed E-state index contributed by atoms with van der Waals surface area (Å²) >= 11 is 0. The molecule has 2 aliphatic rings. The van der Waals surface area contributed by atoms with Gasteiger partial charge in [0.25, 0.3) is 0 Å². The molecule has 3 rings (SSSR count). The second kappa shape index (κ2) is 8.17. The van der Waals surface area contributed by atoms with Gasteiger partial charge in [-0.2, -0.15) is 0 Å². The Hall–Kier alpha value is -1.62. The zero-order valence-electron chi connectivity index (χ0n) is 15.9. The Bertz CT molecular complexity index is 581. The summed E-state index contributed by atoms with van der Waals surface area (Å²) in [5.41, 5.74) is 2.05. The van der Waals surface area contributed by atoms with Crippen molar-refractivity contribution in [3.63, 3.8) is 0 Å². The quantitative estimate of drug-likeness (QED) is 0.911. The van der Waals surface area contributed by atoms with Gasteiger partial charge in [-0.15, -0.1) is 0 Å². The Kier molecular flexibility index (Phi) is 5.94. The molecule has 0 radical (unpaired) electrons. The van der Waals surface area contributed by atoms with Crippen LogP contribution in [0.4, 0.5) is 4.79 Å². The number of rotatable bonds is 4. The standard InChI is InChI=1S/C20H32N4O/c1-15-6-4-7-18(21-15)19-8-5-13-24(19)20(25)22-17-11-9-16(10-12-17)14-23(2)3/h4,6-7,16-17,19H,5,8-14H2,1-3H3,(H,22,25)/t16?,17?,19-/m0/s1. The fourth-order valence-electron chi connectivity index (χ4n) is 4.33. The lowest BCUT2D eigenvalue weighted by atomic mass is 9.86. The molecule has 1 aromatic heterocycles. The predicted octanol–water partition coefficient (Wildman–Crippen LogP) is 3.36. The number of pyridine rings is 1. The number of hydrogen-bond acceptors (Lipinski definition) is 3. The van der Waals surface area contributed by atoms with Crippen molar-refractivity contribution in [3.8, 4) is 0 Å². The summed E-state index contributed by atoms with van der Waals surface area (Å²) in [5.74, 6) is 0.777. The van der Waals surface area contributed by atoms with Gasteiger partial charge in [0.1, 0.15) is 0 Å². The van der Waals surface area contributed by atoms with Crippen molar-refractivity contribution in [2.24, 2.45) is 5.92 Å². The van der Waals surface area contributed by atoms with E-state index in [0.717, 1.165) is 56.1 Å². The lowest BCUT2D eigenvalue weighted by Crippen LogP contribution is -2.46. The van der Waals surface area contributed by atoms with Crippen LogP contribution in [-0.2, 0) is 0 Å². The summed E-state index contributed by atoms with van der Waals surface area (Å²) < 4.78 is 0. The number of aryl methyl sites for hydroxylation is 1. The Labute approximate surface area is 151 Å². The Balaban J connectivity index is 1.54. The molecule has 0 spiro atoms. The molecule has 138 valence electrons. The zero-order valence-corrected chi connectivity index (χ0v) is 15.9. The van der Waals surface area contributed by atoms with Crippen molar-refractivity contribution >= 4 is 6.03 Å². The molecule has 1 aliphatic carbocycles. The molecule has 0 bridgehead atoms. The van der Waals surface area contributed by atoms with Crippen LogP contribution >= 0.6 is 0 Å². The van der Waals surface area contributed by atoms with Crippen molar-refractivity contribution in [2.45, 2.75) is 57.5 Å². The van der Waals surface area contributed by atoms with E-state index >= 15 is 0 Å². The van der Waals surface area contributed by atoms with Crippen LogP contribution in [0.25, 0.3) is 0 Å². The number of likely N-dealkylation sites (tertiary alicyclic amines) is 1. The third-order valence-electron chi connectivity index (χ3n) is 5.56. The molecule has 5 heteroatoms. The first-order chi connectivity index (χ1) is 12.0. The predicted molar refractivity (Wildman–Crippen MR) is 100 cm³/mol. The highest BCUT2D eigenvalue weighted by molar-refractivity contribution is 5.75. The number of carbonyl (C=O) groups is 1. The number of nitrogens with one attached hydrogen (secondary N) is 1. The van der Waals surface area contributed by atoms with E-state index in [2.05, 4.69) is 35.4 Å². The van der Waals surface area contributed by atoms with E-state index in [0.29, 0.717) is 6.04 Å². The fraction of sp³-hybridized carbons (Fsp3) is 0.700. The second-order valence-electron chi connectivity index (χ2n) is 7.98. The van der Waals surface area contributed by atoms with Gasteiger partial charge in [0.15, 0.2) is 0 Å². The third kappa shape index (κ3) is 4.72. The molecule has 1 saturated heterocycles. The van der Waals surface area contributed by atoms with Crippen LogP contribution in [0.1, 0.15) is 56.0 Å². The Morgan fingerprint density at radius 1 is 1.24 bits per heavy atom. The molecule has 1 atom stereocenters. The van der Waals surface area contributed by atoms with Crippen molar-refractivity contribution in [1.82, 2.24) is 20.1 Å². The van der Waals surface area contributed by atoms with Crippen molar-refractivity contribution in [2.75, 3.05) is 27.2 Å². The second-order valence-corrected chi connectivity index (χ2v) is 7.98. The molecule has 2 amide bonds. The SMILES string of the molecule is Cc1cccc([C@@H]2CCCN2C(=O)NC2CCC(CN(C)C)CC2)n1. The molecule has 2 fully saturated rings. The highest BCUT2D eigenvalue weighted by Crippen LogP contribution is 2.31. The van der Waals surface area contributed by atoms with E-state index in [1.165, 1.54) is 12.8 Å². The minimum atomic E-state index is 0.0989. The van der Waals surface area contributed by atoms with Crippen LogP contribution in [0, 0.1) is 12.8 Å². The van der Waals surface area contributed by atoms with E-state index in [1.54, 1.807) is 0 Å². The highest BCUT2D eigenvalue weighted by Gasteiger charge is 2.32. The number of nitrogens with zero attached hydrogens (tertiary/aromatic N) is 3. The molecule has 5 nitrogen and oxygen atoms in total. The lowest BCUT2D eigenvalue weighted by molar-refractivity contribution is 0.177. The van der Waals surface area contributed by atoms with Crippen LogP contribution in [0.15, 0.2) is 18.2 Å². The Morgan fingerprint density at radius 2 is 2.00 bits per heavy atom. The first-order valence-electron chi connectivity index (χ1n) is 9.68. The van der Waals surface area contributed by atoms with E-state index in [-0.39, 0.29) is 12.1 Å². The first-order valence-corrected chi connectivity index (χ1v) is 9.68. The van der Waals surface area contributed by atoms with Gasteiger partial charge in [0, 0.05) is 24.8 Å². The largest absolute Gasteiger partial charge is 0.335 e. The fourth-order valence-corrected chi connectivity index (χ4v) is 4.33. The number of urea groups is 1. The average molecular weight is 345 g/mol. The summed E-state index contributed by atoms with van der Waals surface area (Å²) in [6.45, 7) is 4.00. The van der Waals surface area contributed by atoms with Crippen molar-refractivity contribution < 1.29 is 4.79 Å². The summed E-state index contributed by atoms with van der Waals surface area (Å²) in [5, 5.41) is 3.29. The van der Waals surface area contributed by atoms with Crippen molar-refractivity contribution in [1.29, 1.82) is 0 Å². The van der Waals surface area contributed by atoms with Gasteiger partial charge < -0.3 is 15.1 Å². The topological polar surface area (TPSA) is 48.5 Å². The molecule has 1 saturated carbocycles. The summed E-state index contributed by atoms with van der Waals surface area (Å²) in [6, 6.07) is 6.66. The van der Waals surface area contributed by atoms with Gasteiger partial charge >= 0.3 is 6.03 Å². The maximum atomic E-state index is 12.8.